The molecule has 2 N–H and O–H groups in total. The van der Waals surface area contributed by atoms with Gasteiger partial charge in [-0.05, 0) is 48.2 Å². The molecule has 0 atom stereocenters. The zero-order valence-corrected chi connectivity index (χ0v) is 17.9. The number of hydrogen-bond donors (Lipinski definition) is 2. The van der Waals surface area contributed by atoms with Crippen LogP contribution in [0.25, 0.3) is 10.8 Å². The first-order valence-electron chi connectivity index (χ1n) is 10.9. The van der Waals surface area contributed by atoms with Crippen molar-refractivity contribution < 1.29 is 24.5 Å². The van der Waals surface area contributed by atoms with Gasteiger partial charge in [0.05, 0.1) is 12.2 Å². The molecule has 0 spiro atoms. The monoisotopic (exact) mass is 433 g/mol. The normalized spacial score (nSPS) is 15.5. The van der Waals surface area contributed by atoms with Crippen LogP contribution in [0.1, 0.15) is 41.6 Å². The smallest absolute Gasteiger partial charge is 0.303 e. The summed E-state index contributed by atoms with van der Waals surface area (Å²) in [7, 11) is 0. The van der Waals surface area contributed by atoms with Crippen LogP contribution in [0.3, 0.4) is 0 Å². The van der Waals surface area contributed by atoms with Crippen molar-refractivity contribution in [1.82, 2.24) is 4.90 Å². The van der Waals surface area contributed by atoms with Gasteiger partial charge >= 0.3 is 5.97 Å². The van der Waals surface area contributed by atoms with Gasteiger partial charge in [-0.2, -0.15) is 0 Å². The largest absolute Gasteiger partial charge is 0.493 e. The average Bonchev–Trinajstić information content (AvgIpc) is 2.82. The molecule has 0 saturated carbocycles. The van der Waals surface area contributed by atoms with Crippen LogP contribution >= 0.6 is 0 Å². The highest BCUT2D eigenvalue weighted by atomic mass is 16.5. The summed E-state index contributed by atoms with van der Waals surface area (Å²) >= 11 is 0. The molecule has 1 heterocycles. The first kappa shape index (κ1) is 21.8. The molecule has 0 bridgehead atoms. The third-order valence-corrected chi connectivity index (χ3v) is 6.06. The Hall–Kier alpha value is -3.38. The minimum atomic E-state index is -1.09. The lowest BCUT2D eigenvalue weighted by molar-refractivity contribution is -0.137. The number of amides is 1. The van der Waals surface area contributed by atoms with Gasteiger partial charge in [0.1, 0.15) is 5.75 Å². The maximum absolute atomic E-state index is 13.1. The zero-order valence-electron chi connectivity index (χ0n) is 17.9. The lowest BCUT2D eigenvalue weighted by atomic mass is 9.83. The lowest BCUT2D eigenvalue weighted by Gasteiger charge is -2.39. The zero-order chi connectivity index (χ0) is 22.6. The molecule has 1 amide bonds. The molecule has 6 nitrogen and oxygen atoms in total. The second kappa shape index (κ2) is 9.40. The standard InChI is InChI=1S/C26H27NO5/c28-24(29)10-5-17-32-23-9-4-3-8-22(23)26(31)13-15-27(16-14-26)25(30)21-12-11-19-6-1-2-7-20(19)18-21/h1-4,6-9,11-12,18,31H,5,10,13-17H2,(H,28,29). The van der Waals surface area contributed by atoms with Crippen molar-refractivity contribution in [3.63, 3.8) is 0 Å². The second-order valence-electron chi connectivity index (χ2n) is 8.23. The fourth-order valence-electron chi connectivity index (χ4n) is 4.24. The molecule has 1 fully saturated rings. The van der Waals surface area contributed by atoms with Crippen molar-refractivity contribution in [2.75, 3.05) is 19.7 Å². The van der Waals surface area contributed by atoms with Crippen molar-refractivity contribution in [3.8, 4) is 5.75 Å². The molecule has 4 rings (SSSR count). The van der Waals surface area contributed by atoms with E-state index in [0.29, 0.717) is 49.2 Å². The van der Waals surface area contributed by atoms with Gasteiger partial charge < -0.3 is 19.8 Å². The van der Waals surface area contributed by atoms with Crippen LogP contribution in [0.2, 0.25) is 0 Å². The molecule has 6 heteroatoms. The Labute approximate surface area is 187 Å². The molecule has 0 unspecified atom stereocenters. The Morgan fingerprint density at radius 2 is 1.62 bits per heavy atom. The van der Waals surface area contributed by atoms with Crippen LogP contribution in [0, 0.1) is 0 Å². The van der Waals surface area contributed by atoms with E-state index in [2.05, 4.69) is 0 Å². The van der Waals surface area contributed by atoms with Gasteiger partial charge in [0.25, 0.3) is 5.91 Å². The third kappa shape index (κ3) is 4.75. The number of para-hydroxylation sites is 1. The summed E-state index contributed by atoms with van der Waals surface area (Å²) in [5.41, 5.74) is 0.244. The third-order valence-electron chi connectivity index (χ3n) is 6.06. The topological polar surface area (TPSA) is 87.1 Å². The van der Waals surface area contributed by atoms with E-state index >= 15 is 0 Å². The summed E-state index contributed by atoms with van der Waals surface area (Å²) in [4.78, 5) is 25.5. The van der Waals surface area contributed by atoms with Crippen molar-refractivity contribution in [3.05, 3.63) is 77.9 Å². The van der Waals surface area contributed by atoms with E-state index in [1.54, 1.807) is 11.0 Å². The van der Waals surface area contributed by atoms with E-state index in [9.17, 15) is 14.7 Å². The van der Waals surface area contributed by atoms with E-state index < -0.39 is 11.6 Å². The summed E-state index contributed by atoms with van der Waals surface area (Å²) in [5.74, 6) is -0.324. The quantitative estimate of drug-likeness (QED) is 0.545. The van der Waals surface area contributed by atoms with Crippen LogP contribution in [0.15, 0.2) is 66.7 Å². The number of ether oxygens (including phenoxy) is 1. The molecule has 1 aliphatic heterocycles. The van der Waals surface area contributed by atoms with Crippen LogP contribution in [-0.4, -0.2) is 46.7 Å². The maximum atomic E-state index is 13.1. The van der Waals surface area contributed by atoms with Crippen molar-refractivity contribution in [1.29, 1.82) is 0 Å². The molecule has 3 aromatic rings. The van der Waals surface area contributed by atoms with Gasteiger partial charge in [0, 0.05) is 30.6 Å². The summed E-state index contributed by atoms with van der Waals surface area (Å²) in [6.45, 7) is 1.15. The van der Waals surface area contributed by atoms with Crippen molar-refractivity contribution >= 4 is 22.6 Å². The fourth-order valence-corrected chi connectivity index (χ4v) is 4.24. The Bertz CT molecular complexity index is 1120. The Balaban J connectivity index is 1.43. The number of hydrogen-bond acceptors (Lipinski definition) is 4. The number of carbonyl (C=O) groups is 2. The molecule has 1 aliphatic rings. The number of likely N-dealkylation sites (tertiary alicyclic amines) is 1. The highest BCUT2D eigenvalue weighted by Gasteiger charge is 2.37. The Kier molecular flexibility index (Phi) is 6.42. The SMILES string of the molecule is O=C(O)CCCOc1ccccc1C1(O)CCN(C(=O)c2ccc3ccccc3c2)CC1. The van der Waals surface area contributed by atoms with Crippen molar-refractivity contribution in [2.24, 2.45) is 0 Å². The van der Waals surface area contributed by atoms with Crippen LogP contribution in [0.4, 0.5) is 0 Å². The molecule has 0 aliphatic carbocycles. The van der Waals surface area contributed by atoms with Crippen LogP contribution < -0.4 is 4.74 Å². The number of carbonyl (C=O) groups excluding carboxylic acids is 1. The molecule has 1 saturated heterocycles. The van der Waals surface area contributed by atoms with Gasteiger partial charge in [-0.25, -0.2) is 0 Å². The summed E-state index contributed by atoms with van der Waals surface area (Å²) in [5, 5.41) is 22.3. The Morgan fingerprint density at radius 3 is 2.38 bits per heavy atom. The number of carboxylic acids is 1. The first-order valence-corrected chi connectivity index (χ1v) is 10.9. The van der Waals surface area contributed by atoms with Gasteiger partial charge in [-0.15, -0.1) is 0 Å². The van der Waals surface area contributed by atoms with E-state index in [0.717, 1.165) is 10.8 Å². The van der Waals surface area contributed by atoms with Gasteiger partial charge in [0.15, 0.2) is 0 Å². The van der Waals surface area contributed by atoms with Crippen molar-refractivity contribution in [2.45, 2.75) is 31.3 Å². The summed E-state index contributed by atoms with van der Waals surface area (Å²) in [6.07, 6.45) is 1.25. The predicted octanol–water partition coefficient (Wildman–Crippen LogP) is 4.21. The molecule has 0 radical (unpaired) electrons. The number of carboxylic acid groups (broad SMARTS) is 1. The maximum Gasteiger partial charge on any atom is 0.303 e. The van der Waals surface area contributed by atoms with Gasteiger partial charge in [-0.3, -0.25) is 9.59 Å². The number of aliphatic hydroxyl groups is 1. The highest BCUT2D eigenvalue weighted by molar-refractivity contribution is 5.98. The fraction of sp³-hybridized carbons (Fsp3) is 0.308. The molecular weight excluding hydrogens is 406 g/mol. The number of benzene rings is 3. The molecule has 0 aromatic heterocycles. The molecule has 32 heavy (non-hydrogen) atoms. The van der Waals surface area contributed by atoms with E-state index in [4.69, 9.17) is 9.84 Å². The average molecular weight is 434 g/mol. The number of nitrogens with zero attached hydrogens (tertiary/aromatic N) is 1. The Morgan fingerprint density at radius 1 is 0.938 bits per heavy atom. The van der Waals surface area contributed by atoms with E-state index in [1.807, 2.05) is 60.7 Å². The molecule has 166 valence electrons. The van der Waals surface area contributed by atoms with Gasteiger partial charge in [-0.1, -0.05) is 48.5 Å². The minimum Gasteiger partial charge on any atom is -0.493 e. The van der Waals surface area contributed by atoms with E-state index in [1.165, 1.54) is 0 Å². The van der Waals surface area contributed by atoms with Crippen LogP contribution in [0.5, 0.6) is 5.75 Å². The predicted molar refractivity (Wildman–Crippen MR) is 122 cm³/mol. The summed E-state index contributed by atoms with van der Waals surface area (Å²) < 4.78 is 5.79. The number of rotatable bonds is 7. The molecule has 3 aromatic carbocycles. The number of fused-ring (bicyclic) bond motifs is 1. The van der Waals surface area contributed by atoms with E-state index in [-0.39, 0.29) is 18.9 Å². The second-order valence-corrected chi connectivity index (χ2v) is 8.23. The lowest BCUT2D eigenvalue weighted by Crippen LogP contribution is -2.45. The number of aliphatic carboxylic acids is 1. The number of piperidine rings is 1. The summed E-state index contributed by atoms with van der Waals surface area (Å²) in [6, 6.07) is 21.0. The van der Waals surface area contributed by atoms with Gasteiger partial charge in [0.2, 0.25) is 0 Å². The van der Waals surface area contributed by atoms with Crippen LogP contribution in [-0.2, 0) is 10.4 Å². The first-order chi connectivity index (χ1) is 15.5. The molecular formula is C26H27NO5. The minimum absolute atomic E-state index is 0.0315. The highest BCUT2D eigenvalue weighted by Crippen LogP contribution is 2.38.